The molecule has 154 valence electrons. The number of fused-ring (bicyclic) bond motifs is 1. The SMILES string of the molecule is CCN(CC)Cc1ccc(CNC(=O)CCN2C(=O)CSc3ccccc32)cc1. The Hall–Kier alpha value is -2.31. The van der Waals surface area contributed by atoms with E-state index < -0.39 is 0 Å². The van der Waals surface area contributed by atoms with E-state index in [1.165, 1.54) is 5.56 Å². The summed E-state index contributed by atoms with van der Waals surface area (Å²) in [5.41, 5.74) is 3.27. The average molecular weight is 412 g/mol. The van der Waals surface area contributed by atoms with Crippen molar-refractivity contribution in [3.63, 3.8) is 0 Å². The van der Waals surface area contributed by atoms with E-state index >= 15 is 0 Å². The molecule has 2 aromatic carbocycles. The average Bonchev–Trinajstić information content (AvgIpc) is 2.76. The van der Waals surface area contributed by atoms with Gasteiger partial charge < -0.3 is 10.2 Å². The summed E-state index contributed by atoms with van der Waals surface area (Å²) in [5.74, 6) is 0.448. The summed E-state index contributed by atoms with van der Waals surface area (Å²) >= 11 is 1.55. The van der Waals surface area contributed by atoms with Crippen molar-refractivity contribution in [3.8, 4) is 0 Å². The van der Waals surface area contributed by atoms with E-state index in [0.717, 1.165) is 35.8 Å². The molecule has 29 heavy (non-hydrogen) atoms. The molecule has 2 aromatic rings. The van der Waals surface area contributed by atoms with Crippen LogP contribution < -0.4 is 10.2 Å². The van der Waals surface area contributed by atoms with Crippen LogP contribution >= 0.6 is 11.8 Å². The van der Waals surface area contributed by atoms with Gasteiger partial charge in [-0.25, -0.2) is 0 Å². The largest absolute Gasteiger partial charge is 0.352 e. The first kappa shape index (κ1) is 21.4. The van der Waals surface area contributed by atoms with Gasteiger partial charge in [0, 0.05) is 31.0 Å². The normalized spacial score (nSPS) is 13.5. The van der Waals surface area contributed by atoms with Crippen LogP contribution in [0.25, 0.3) is 0 Å². The van der Waals surface area contributed by atoms with Gasteiger partial charge in [-0.15, -0.1) is 11.8 Å². The first-order valence-corrected chi connectivity index (χ1v) is 11.2. The van der Waals surface area contributed by atoms with Crippen molar-refractivity contribution < 1.29 is 9.59 Å². The van der Waals surface area contributed by atoms with Crippen LogP contribution in [-0.4, -0.2) is 42.1 Å². The van der Waals surface area contributed by atoms with Crippen LogP contribution in [0.5, 0.6) is 0 Å². The number of hydrogen-bond acceptors (Lipinski definition) is 4. The molecule has 0 bridgehead atoms. The zero-order valence-corrected chi connectivity index (χ0v) is 18.0. The molecule has 0 aliphatic carbocycles. The maximum absolute atomic E-state index is 12.3. The Kier molecular flexibility index (Phi) is 7.72. The fourth-order valence-corrected chi connectivity index (χ4v) is 4.31. The quantitative estimate of drug-likeness (QED) is 0.684. The molecular formula is C23H29N3O2S. The minimum Gasteiger partial charge on any atom is -0.352 e. The summed E-state index contributed by atoms with van der Waals surface area (Å²) < 4.78 is 0. The number of rotatable bonds is 9. The number of anilines is 1. The number of benzene rings is 2. The third-order valence-corrected chi connectivity index (χ3v) is 6.23. The molecule has 5 nitrogen and oxygen atoms in total. The van der Waals surface area contributed by atoms with Gasteiger partial charge in [0.1, 0.15) is 0 Å². The molecule has 0 radical (unpaired) electrons. The van der Waals surface area contributed by atoms with Crippen LogP contribution in [0.15, 0.2) is 53.4 Å². The minimum absolute atomic E-state index is 0.0410. The summed E-state index contributed by atoms with van der Waals surface area (Å²) in [6, 6.07) is 16.2. The number of amides is 2. The highest BCUT2D eigenvalue weighted by molar-refractivity contribution is 8.00. The van der Waals surface area contributed by atoms with Crippen LogP contribution in [0.2, 0.25) is 0 Å². The second kappa shape index (κ2) is 10.5. The summed E-state index contributed by atoms with van der Waals surface area (Å²) in [4.78, 5) is 29.8. The highest BCUT2D eigenvalue weighted by atomic mass is 32.2. The van der Waals surface area contributed by atoms with E-state index in [0.29, 0.717) is 25.3 Å². The molecule has 0 unspecified atom stereocenters. The van der Waals surface area contributed by atoms with Crippen molar-refractivity contribution in [3.05, 3.63) is 59.7 Å². The maximum atomic E-state index is 12.3. The Bertz CT molecular complexity index is 834. The number of hydrogen-bond donors (Lipinski definition) is 1. The van der Waals surface area contributed by atoms with Gasteiger partial charge in [-0.05, 0) is 36.3 Å². The van der Waals surface area contributed by atoms with Gasteiger partial charge in [0.15, 0.2) is 0 Å². The predicted octanol–water partition coefficient (Wildman–Crippen LogP) is 3.67. The fourth-order valence-electron chi connectivity index (χ4n) is 3.37. The molecule has 1 heterocycles. The van der Waals surface area contributed by atoms with E-state index in [-0.39, 0.29) is 11.8 Å². The smallest absolute Gasteiger partial charge is 0.237 e. The predicted molar refractivity (Wildman–Crippen MR) is 119 cm³/mol. The first-order chi connectivity index (χ1) is 14.1. The highest BCUT2D eigenvalue weighted by Gasteiger charge is 2.24. The lowest BCUT2D eigenvalue weighted by Gasteiger charge is -2.28. The number of thioether (sulfide) groups is 1. The molecule has 0 fully saturated rings. The number of carbonyl (C=O) groups excluding carboxylic acids is 2. The van der Waals surface area contributed by atoms with Gasteiger partial charge in [-0.3, -0.25) is 14.5 Å². The Balaban J connectivity index is 1.47. The lowest BCUT2D eigenvalue weighted by Crippen LogP contribution is -2.38. The number of para-hydroxylation sites is 1. The van der Waals surface area contributed by atoms with Crippen molar-refractivity contribution in [2.24, 2.45) is 0 Å². The Morgan fingerprint density at radius 1 is 1.07 bits per heavy atom. The molecule has 3 rings (SSSR count). The van der Waals surface area contributed by atoms with Crippen LogP contribution in [0.3, 0.4) is 0 Å². The first-order valence-electron chi connectivity index (χ1n) is 10.2. The Labute approximate surface area is 177 Å². The zero-order valence-electron chi connectivity index (χ0n) is 17.2. The van der Waals surface area contributed by atoms with Crippen LogP contribution in [0.4, 0.5) is 5.69 Å². The summed E-state index contributed by atoms with van der Waals surface area (Å²) in [6.45, 7) is 8.28. The minimum atomic E-state index is -0.0410. The molecule has 1 N–H and O–H groups in total. The van der Waals surface area contributed by atoms with Crippen molar-refractivity contribution in [2.75, 3.05) is 30.3 Å². The Morgan fingerprint density at radius 3 is 2.48 bits per heavy atom. The number of nitrogens with one attached hydrogen (secondary N) is 1. The molecule has 1 aliphatic rings. The highest BCUT2D eigenvalue weighted by Crippen LogP contribution is 2.34. The number of nitrogens with zero attached hydrogens (tertiary/aromatic N) is 2. The summed E-state index contributed by atoms with van der Waals surface area (Å²) in [7, 11) is 0. The topological polar surface area (TPSA) is 52.7 Å². The van der Waals surface area contributed by atoms with E-state index in [1.807, 2.05) is 24.3 Å². The van der Waals surface area contributed by atoms with Crippen LogP contribution in [0.1, 0.15) is 31.4 Å². The van der Waals surface area contributed by atoms with Gasteiger partial charge in [0.05, 0.1) is 11.4 Å². The van der Waals surface area contributed by atoms with Gasteiger partial charge >= 0.3 is 0 Å². The third-order valence-electron chi connectivity index (χ3n) is 5.18. The second-order valence-electron chi connectivity index (χ2n) is 7.11. The molecule has 0 saturated heterocycles. The molecule has 0 spiro atoms. The molecule has 0 saturated carbocycles. The molecule has 2 amide bonds. The molecule has 1 aliphatic heterocycles. The molecule has 0 atom stereocenters. The second-order valence-corrected chi connectivity index (χ2v) is 8.12. The van der Waals surface area contributed by atoms with Gasteiger partial charge in [-0.1, -0.05) is 50.2 Å². The zero-order chi connectivity index (χ0) is 20.6. The maximum Gasteiger partial charge on any atom is 0.237 e. The van der Waals surface area contributed by atoms with E-state index in [9.17, 15) is 9.59 Å². The van der Waals surface area contributed by atoms with Gasteiger partial charge in [0.25, 0.3) is 0 Å². The molecular weight excluding hydrogens is 382 g/mol. The monoisotopic (exact) mass is 411 g/mol. The molecule has 6 heteroatoms. The fraction of sp³-hybridized carbons (Fsp3) is 0.391. The van der Waals surface area contributed by atoms with E-state index in [1.54, 1.807) is 16.7 Å². The van der Waals surface area contributed by atoms with Gasteiger partial charge in [0.2, 0.25) is 11.8 Å². The van der Waals surface area contributed by atoms with Crippen molar-refractivity contribution in [2.45, 2.75) is 38.3 Å². The van der Waals surface area contributed by atoms with E-state index in [4.69, 9.17) is 0 Å². The van der Waals surface area contributed by atoms with E-state index in [2.05, 4.69) is 48.3 Å². The number of carbonyl (C=O) groups is 2. The molecule has 0 aromatic heterocycles. The lowest BCUT2D eigenvalue weighted by molar-refractivity contribution is -0.121. The summed E-state index contributed by atoms with van der Waals surface area (Å²) in [5, 5.41) is 2.97. The standard InChI is InChI=1S/C23H29N3O2S/c1-3-25(4-2)16-19-11-9-18(10-12-19)15-24-22(27)13-14-26-20-7-5-6-8-21(20)29-17-23(26)28/h5-12H,3-4,13-17H2,1-2H3,(H,24,27). The van der Waals surface area contributed by atoms with Crippen molar-refractivity contribution >= 4 is 29.3 Å². The Morgan fingerprint density at radius 2 is 1.76 bits per heavy atom. The van der Waals surface area contributed by atoms with Crippen molar-refractivity contribution in [1.29, 1.82) is 0 Å². The summed E-state index contributed by atoms with van der Waals surface area (Å²) in [6.07, 6.45) is 0.296. The van der Waals surface area contributed by atoms with Gasteiger partial charge in [-0.2, -0.15) is 0 Å². The van der Waals surface area contributed by atoms with Crippen LogP contribution in [0, 0.1) is 0 Å². The van der Waals surface area contributed by atoms with Crippen molar-refractivity contribution in [1.82, 2.24) is 10.2 Å². The third kappa shape index (κ3) is 5.84. The van der Waals surface area contributed by atoms with Crippen LogP contribution in [-0.2, 0) is 22.7 Å². The lowest BCUT2D eigenvalue weighted by atomic mass is 10.1.